The molecule has 0 spiro atoms. The van der Waals surface area contributed by atoms with Crippen LogP contribution in [0.4, 0.5) is 13.2 Å². The first kappa shape index (κ1) is 15.8. The van der Waals surface area contributed by atoms with Crippen molar-refractivity contribution in [3.8, 4) is 6.07 Å². The summed E-state index contributed by atoms with van der Waals surface area (Å²) in [6.07, 6.45) is -6.99. The molecule has 7 heteroatoms. The number of halogens is 3. The molecule has 0 aromatic heterocycles. The molecule has 0 fully saturated rings. The van der Waals surface area contributed by atoms with Crippen LogP contribution < -0.4 is 0 Å². The van der Waals surface area contributed by atoms with Crippen molar-refractivity contribution in [2.75, 3.05) is 5.75 Å². The Hall–Kier alpha value is -1.23. The van der Waals surface area contributed by atoms with Crippen LogP contribution in [0.1, 0.15) is 29.2 Å². The van der Waals surface area contributed by atoms with Crippen molar-refractivity contribution in [3.63, 3.8) is 0 Å². The van der Waals surface area contributed by atoms with Crippen molar-refractivity contribution in [1.82, 2.24) is 0 Å². The Bertz CT molecular complexity index is 485. The average Bonchev–Trinajstić information content (AvgIpc) is 2.36. The number of nitriles is 1. The van der Waals surface area contributed by atoms with Gasteiger partial charge in [0.05, 0.1) is 23.3 Å². The van der Waals surface area contributed by atoms with Crippen molar-refractivity contribution in [2.45, 2.75) is 24.8 Å². The van der Waals surface area contributed by atoms with Crippen molar-refractivity contribution in [1.29, 1.82) is 5.26 Å². The third-order valence-electron chi connectivity index (χ3n) is 2.61. The molecule has 0 aliphatic rings. The number of nitrogens with zero attached hydrogens (tertiary/aromatic N) is 1. The van der Waals surface area contributed by atoms with Crippen molar-refractivity contribution < 1.29 is 23.4 Å². The first-order valence-corrected chi connectivity index (χ1v) is 6.02. The van der Waals surface area contributed by atoms with Crippen LogP contribution >= 0.6 is 12.6 Å². The van der Waals surface area contributed by atoms with E-state index in [-0.39, 0.29) is 17.5 Å². The molecular weight excluding hydrogens is 279 g/mol. The monoisotopic (exact) mass is 291 g/mol. The predicted octanol–water partition coefficient (Wildman–Crippen LogP) is 2.29. The Morgan fingerprint density at radius 3 is 2.42 bits per heavy atom. The standard InChI is InChI=1S/C12H12F3NO2S/c13-12(14,15)8-1-2-9(7(5-8)6-16)11(18)10(17)3-4-19/h1-2,5,10-11,17-19H,3-4H2. The molecule has 2 atom stereocenters. The van der Waals surface area contributed by atoms with Gasteiger partial charge in [0.25, 0.3) is 0 Å². The van der Waals surface area contributed by atoms with E-state index in [9.17, 15) is 23.4 Å². The van der Waals surface area contributed by atoms with Crippen LogP contribution in [0.2, 0.25) is 0 Å². The molecule has 19 heavy (non-hydrogen) atoms. The van der Waals surface area contributed by atoms with Gasteiger partial charge in [-0.1, -0.05) is 6.07 Å². The van der Waals surface area contributed by atoms with Gasteiger partial charge in [-0.25, -0.2) is 0 Å². The number of thiol groups is 1. The normalized spacial score (nSPS) is 14.8. The zero-order valence-corrected chi connectivity index (χ0v) is 10.6. The van der Waals surface area contributed by atoms with E-state index in [1.807, 2.05) is 0 Å². The molecule has 0 amide bonds. The van der Waals surface area contributed by atoms with Crippen LogP contribution in [0.25, 0.3) is 0 Å². The van der Waals surface area contributed by atoms with Gasteiger partial charge >= 0.3 is 6.18 Å². The minimum atomic E-state index is -4.56. The van der Waals surface area contributed by atoms with E-state index in [1.54, 1.807) is 6.07 Å². The van der Waals surface area contributed by atoms with Gasteiger partial charge in [0.15, 0.2) is 0 Å². The summed E-state index contributed by atoms with van der Waals surface area (Å²) in [6, 6.07) is 4.03. The number of aliphatic hydroxyl groups excluding tert-OH is 2. The molecule has 2 unspecified atom stereocenters. The van der Waals surface area contributed by atoms with E-state index in [2.05, 4.69) is 12.6 Å². The fraction of sp³-hybridized carbons (Fsp3) is 0.417. The molecule has 2 N–H and O–H groups in total. The van der Waals surface area contributed by atoms with Crippen LogP contribution in [0.15, 0.2) is 18.2 Å². The summed E-state index contributed by atoms with van der Waals surface area (Å²) in [5.74, 6) is 0.306. The summed E-state index contributed by atoms with van der Waals surface area (Å²) in [4.78, 5) is 0. The molecule has 0 saturated heterocycles. The highest BCUT2D eigenvalue weighted by Crippen LogP contribution is 2.32. The van der Waals surface area contributed by atoms with Crippen LogP contribution in [0.5, 0.6) is 0 Å². The van der Waals surface area contributed by atoms with Crippen molar-refractivity contribution in [3.05, 3.63) is 34.9 Å². The maximum atomic E-state index is 12.5. The van der Waals surface area contributed by atoms with Gasteiger partial charge in [-0.3, -0.25) is 0 Å². The summed E-state index contributed by atoms with van der Waals surface area (Å²) >= 11 is 3.89. The van der Waals surface area contributed by atoms with E-state index >= 15 is 0 Å². The quantitative estimate of drug-likeness (QED) is 0.746. The van der Waals surface area contributed by atoms with Gasteiger partial charge < -0.3 is 10.2 Å². The molecule has 0 heterocycles. The third-order valence-corrected chi connectivity index (χ3v) is 2.87. The Labute approximate surface area is 113 Å². The molecule has 0 aliphatic heterocycles. The van der Waals surface area contributed by atoms with Gasteiger partial charge in [-0.05, 0) is 24.3 Å². The minimum absolute atomic E-state index is 0.0233. The van der Waals surface area contributed by atoms with E-state index < -0.39 is 23.9 Å². The summed E-state index contributed by atoms with van der Waals surface area (Å²) < 4.78 is 37.5. The lowest BCUT2D eigenvalue weighted by Crippen LogP contribution is -2.20. The number of alkyl halides is 3. The van der Waals surface area contributed by atoms with E-state index in [1.165, 1.54) is 0 Å². The SMILES string of the molecule is N#Cc1cc(C(F)(F)F)ccc1C(O)C(O)CCS. The first-order chi connectivity index (χ1) is 8.81. The Kier molecular flexibility index (Phi) is 5.23. The number of rotatable bonds is 4. The molecule has 0 saturated carbocycles. The van der Waals surface area contributed by atoms with Crippen LogP contribution in [0.3, 0.4) is 0 Å². The van der Waals surface area contributed by atoms with Crippen LogP contribution in [-0.4, -0.2) is 22.1 Å². The van der Waals surface area contributed by atoms with Gasteiger partial charge in [0.2, 0.25) is 0 Å². The van der Waals surface area contributed by atoms with Gasteiger partial charge in [0, 0.05) is 5.56 Å². The predicted molar refractivity (Wildman–Crippen MR) is 65.6 cm³/mol. The molecule has 0 aliphatic carbocycles. The lowest BCUT2D eigenvalue weighted by atomic mass is 9.96. The maximum Gasteiger partial charge on any atom is 0.416 e. The van der Waals surface area contributed by atoms with Gasteiger partial charge in [0.1, 0.15) is 6.10 Å². The zero-order valence-electron chi connectivity index (χ0n) is 9.72. The van der Waals surface area contributed by atoms with E-state index in [4.69, 9.17) is 5.26 Å². The fourth-order valence-electron chi connectivity index (χ4n) is 1.58. The number of aliphatic hydroxyl groups is 2. The van der Waals surface area contributed by atoms with Crippen LogP contribution in [-0.2, 0) is 6.18 Å². The minimum Gasteiger partial charge on any atom is -0.390 e. The highest BCUT2D eigenvalue weighted by Gasteiger charge is 2.32. The second-order valence-electron chi connectivity index (χ2n) is 3.94. The molecular formula is C12H12F3NO2S. The molecule has 104 valence electrons. The van der Waals surface area contributed by atoms with E-state index in [0.717, 1.165) is 12.1 Å². The van der Waals surface area contributed by atoms with Crippen molar-refractivity contribution in [2.24, 2.45) is 0 Å². The lowest BCUT2D eigenvalue weighted by molar-refractivity contribution is -0.137. The maximum absolute atomic E-state index is 12.5. The highest BCUT2D eigenvalue weighted by atomic mass is 32.1. The Balaban J connectivity index is 3.13. The molecule has 0 radical (unpaired) electrons. The largest absolute Gasteiger partial charge is 0.416 e. The highest BCUT2D eigenvalue weighted by molar-refractivity contribution is 7.80. The second kappa shape index (κ2) is 6.28. The lowest BCUT2D eigenvalue weighted by Gasteiger charge is -2.19. The number of hydrogen-bond donors (Lipinski definition) is 3. The van der Waals surface area contributed by atoms with Crippen molar-refractivity contribution >= 4 is 12.6 Å². The second-order valence-corrected chi connectivity index (χ2v) is 4.38. The first-order valence-electron chi connectivity index (χ1n) is 5.39. The summed E-state index contributed by atoms with van der Waals surface area (Å²) in [5.41, 5.74) is -1.30. The Morgan fingerprint density at radius 1 is 1.32 bits per heavy atom. The zero-order chi connectivity index (χ0) is 14.6. The smallest absolute Gasteiger partial charge is 0.390 e. The number of hydrogen-bond acceptors (Lipinski definition) is 4. The summed E-state index contributed by atoms with van der Waals surface area (Å²) in [7, 11) is 0. The molecule has 1 aromatic carbocycles. The average molecular weight is 291 g/mol. The van der Waals surface area contributed by atoms with Crippen LogP contribution in [0, 0.1) is 11.3 Å². The van der Waals surface area contributed by atoms with E-state index in [0.29, 0.717) is 11.8 Å². The summed E-state index contributed by atoms with van der Waals surface area (Å²) in [6.45, 7) is 0. The third kappa shape index (κ3) is 3.86. The topological polar surface area (TPSA) is 64.2 Å². The molecule has 1 aromatic rings. The molecule has 0 bridgehead atoms. The molecule has 1 rings (SSSR count). The molecule has 3 nitrogen and oxygen atoms in total. The van der Waals surface area contributed by atoms with Gasteiger partial charge in [-0.2, -0.15) is 31.1 Å². The number of benzene rings is 1. The summed E-state index contributed by atoms with van der Waals surface area (Å²) in [5, 5.41) is 28.2. The fourth-order valence-corrected chi connectivity index (χ4v) is 1.85. The Morgan fingerprint density at radius 2 is 1.95 bits per heavy atom. The van der Waals surface area contributed by atoms with Gasteiger partial charge in [-0.15, -0.1) is 0 Å².